The summed E-state index contributed by atoms with van der Waals surface area (Å²) in [6.07, 6.45) is 6.34. The van der Waals surface area contributed by atoms with Crippen LogP contribution in [0.2, 0.25) is 0 Å². The van der Waals surface area contributed by atoms with Crippen molar-refractivity contribution in [2.45, 2.75) is 59.3 Å². The Balaban J connectivity index is 2.42. The molecule has 6 nitrogen and oxygen atoms in total. The lowest BCUT2D eigenvalue weighted by Crippen LogP contribution is -2.46. The molecule has 6 heteroatoms. The van der Waals surface area contributed by atoms with E-state index in [1.54, 1.807) is 7.05 Å². The molecule has 152 valence electrons. The number of nitrogens with one attached hydrogen (secondary N) is 2. The fourth-order valence-electron chi connectivity index (χ4n) is 3.59. The van der Waals surface area contributed by atoms with Crippen LogP contribution >= 0.6 is 0 Å². The number of carbonyl (C=O) groups is 1. The van der Waals surface area contributed by atoms with Crippen LogP contribution in [0.1, 0.15) is 59.3 Å². The van der Waals surface area contributed by atoms with Gasteiger partial charge in [-0.3, -0.25) is 9.79 Å². The van der Waals surface area contributed by atoms with Gasteiger partial charge >= 0.3 is 0 Å². The number of rotatable bonds is 11. The highest BCUT2D eigenvalue weighted by Gasteiger charge is 2.22. The molecule has 0 aliphatic carbocycles. The average Bonchev–Trinajstić information content (AvgIpc) is 2.65. The summed E-state index contributed by atoms with van der Waals surface area (Å²) in [6.45, 7) is 13.9. The maximum atomic E-state index is 11.6. The van der Waals surface area contributed by atoms with Gasteiger partial charge in [0.05, 0.1) is 0 Å². The third-order valence-corrected chi connectivity index (χ3v) is 4.98. The zero-order chi connectivity index (χ0) is 19.2. The molecular formula is C20H41N5O. The van der Waals surface area contributed by atoms with Crippen molar-refractivity contribution in [3.8, 4) is 0 Å². The van der Waals surface area contributed by atoms with Gasteiger partial charge in [-0.1, -0.05) is 13.8 Å². The van der Waals surface area contributed by atoms with Crippen LogP contribution < -0.4 is 10.6 Å². The highest BCUT2D eigenvalue weighted by molar-refractivity contribution is 5.80. The Morgan fingerprint density at radius 3 is 2.31 bits per heavy atom. The Morgan fingerprint density at radius 2 is 1.77 bits per heavy atom. The van der Waals surface area contributed by atoms with E-state index in [4.69, 9.17) is 4.99 Å². The normalized spacial score (nSPS) is 16.2. The first-order valence-electron chi connectivity index (χ1n) is 10.6. The molecule has 0 saturated carbocycles. The van der Waals surface area contributed by atoms with Gasteiger partial charge < -0.3 is 20.4 Å². The van der Waals surface area contributed by atoms with Crippen LogP contribution in [0.5, 0.6) is 0 Å². The summed E-state index contributed by atoms with van der Waals surface area (Å²) in [5, 5.41) is 6.18. The van der Waals surface area contributed by atoms with Gasteiger partial charge in [-0.2, -0.15) is 0 Å². The minimum atomic E-state index is 0.160. The Bertz CT molecular complexity index is 399. The standard InChI is InChI=1S/C20H41N5O/c1-5-12-24(13-6-2)14-8-11-23-20(22-7-3)25-15-9-18(10-16-25)17-19(26)21-4/h18H,5-17H2,1-4H3,(H,21,26)(H,22,23). The average molecular weight is 368 g/mol. The molecular weight excluding hydrogens is 326 g/mol. The highest BCUT2D eigenvalue weighted by atomic mass is 16.1. The predicted molar refractivity (Wildman–Crippen MR) is 111 cm³/mol. The van der Waals surface area contributed by atoms with E-state index >= 15 is 0 Å². The third-order valence-electron chi connectivity index (χ3n) is 4.98. The number of aliphatic imine (C=N–C) groups is 1. The molecule has 1 aliphatic heterocycles. The van der Waals surface area contributed by atoms with Gasteiger partial charge in [0, 0.05) is 39.6 Å². The lowest BCUT2D eigenvalue weighted by molar-refractivity contribution is -0.121. The Hall–Kier alpha value is -1.30. The van der Waals surface area contributed by atoms with Crippen molar-refractivity contribution in [2.24, 2.45) is 10.9 Å². The molecule has 0 radical (unpaired) electrons. The molecule has 26 heavy (non-hydrogen) atoms. The van der Waals surface area contributed by atoms with Gasteiger partial charge in [0.2, 0.25) is 5.91 Å². The van der Waals surface area contributed by atoms with Crippen molar-refractivity contribution in [2.75, 3.05) is 52.9 Å². The van der Waals surface area contributed by atoms with E-state index in [1.165, 1.54) is 25.9 Å². The third kappa shape index (κ3) is 8.88. The lowest BCUT2D eigenvalue weighted by atomic mass is 9.93. The minimum absolute atomic E-state index is 0.160. The molecule has 1 fully saturated rings. The molecule has 0 bridgehead atoms. The first-order chi connectivity index (χ1) is 12.6. The molecule has 1 saturated heterocycles. The second kappa shape index (κ2) is 13.8. The van der Waals surface area contributed by atoms with E-state index in [-0.39, 0.29) is 5.91 Å². The summed E-state index contributed by atoms with van der Waals surface area (Å²) >= 11 is 0. The lowest BCUT2D eigenvalue weighted by Gasteiger charge is -2.34. The molecule has 0 aromatic rings. The zero-order valence-corrected chi connectivity index (χ0v) is 17.5. The largest absolute Gasteiger partial charge is 0.359 e. The number of guanidine groups is 1. The Morgan fingerprint density at radius 1 is 1.12 bits per heavy atom. The molecule has 0 aromatic heterocycles. The molecule has 2 N–H and O–H groups in total. The number of carbonyl (C=O) groups excluding carboxylic acids is 1. The molecule has 0 spiro atoms. The van der Waals surface area contributed by atoms with Crippen molar-refractivity contribution in [1.29, 1.82) is 0 Å². The highest BCUT2D eigenvalue weighted by Crippen LogP contribution is 2.20. The summed E-state index contributed by atoms with van der Waals surface area (Å²) in [6, 6.07) is 0. The summed E-state index contributed by atoms with van der Waals surface area (Å²) in [4.78, 5) is 21.3. The van der Waals surface area contributed by atoms with E-state index in [0.717, 1.165) is 57.9 Å². The molecule has 1 aliphatic rings. The number of amides is 1. The van der Waals surface area contributed by atoms with E-state index in [2.05, 4.69) is 41.2 Å². The molecule has 1 rings (SSSR count). The van der Waals surface area contributed by atoms with Crippen molar-refractivity contribution in [3.05, 3.63) is 0 Å². The Labute approximate surface area is 160 Å². The van der Waals surface area contributed by atoms with E-state index in [9.17, 15) is 4.79 Å². The molecule has 0 aromatic carbocycles. The SMILES string of the molecule is CCCN(CCC)CCCN=C(NCC)N1CCC(CC(=O)NC)CC1. The molecule has 0 atom stereocenters. The molecule has 0 unspecified atom stereocenters. The van der Waals surface area contributed by atoms with Crippen LogP contribution in [0.4, 0.5) is 0 Å². The second-order valence-corrected chi connectivity index (χ2v) is 7.24. The van der Waals surface area contributed by atoms with Crippen LogP contribution in [0, 0.1) is 5.92 Å². The van der Waals surface area contributed by atoms with Gasteiger partial charge in [-0.05, 0) is 64.6 Å². The van der Waals surface area contributed by atoms with Gasteiger partial charge in [-0.25, -0.2) is 0 Å². The minimum Gasteiger partial charge on any atom is -0.359 e. The maximum Gasteiger partial charge on any atom is 0.220 e. The van der Waals surface area contributed by atoms with Gasteiger partial charge in [0.15, 0.2) is 5.96 Å². The number of hydrogen-bond acceptors (Lipinski definition) is 3. The van der Waals surface area contributed by atoms with Crippen LogP contribution in [0.3, 0.4) is 0 Å². The monoisotopic (exact) mass is 367 g/mol. The Kier molecular flexibility index (Phi) is 12.1. The van der Waals surface area contributed by atoms with Crippen molar-refractivity contribution >= 4 is 11.9 Å². The van der Waals surface area contributed by atoms with Gasteiger partial charge in [0.1, 0.15) is 0 Å². The first kappa shape index (κ1) is 22.7. The summed E-state index contributed by atoms with van der Waals surface area (Å²) < 4.78 is 0. The topological polar surface area (TPSA) is 60.0 Å². The summed E-state index contributed by atoms with van der Waals surface area (Å²) in [5.41, 5.74) is 0. The fraction of sp³-hybridized carbons (Fsp3) is 0.900. The van der Waals surface area contributed by atoms with Crippen molar-refractivity contribution < 1.29 is 4.79 Å². The maximum absolute atomic E-state index is 11.6. The van der Waals surface area contributed by atoms with E-state index in [1.807, 2.05) is 0 Å². The number of nitrogens with zero attached hydrogens (tertiary/aromatic N) is 3. The summed E-state index contributed by atoms with van der Waals surface area (Å²) in [5.74, 6) is 1.71. The van der Waals surface area contributed by atoms with Gasteiger partial charge in [0.25, 0.3) is 0 Å². The number of hydrogen-bond donors (Lipinski definition) is 2. The molecule has 1 heterocycles. The van der Waals surface area contributed by atoms with E-state index in [0.29, 0.717) is 12.3 Å². The van der Waals surface area contributed by atoms with Gasteiger partial charge in [-0.15, -0.1) is 0 Å². The van der Waals surface area contributed by atoms with Crippen LogP contribution in [0.15, 0.2) is 4.99 Å². The predicted octanol–water partition coefficient (Wildman–Crippen LogP) is 2.31. The summed E-state index contributed by atoms with van der Waals surface area (Å²) in [7, 11) is 1.72. The molecule has 1 amide bonds. The number of piperidine rings is 1. The van der Waals surface area contributed by atoms with E-state index < -0.39 is 0 Å². The quantitative estimate of drug-likeness (QED) is 0.334. The number of likely N-dealkylation sites (tertiary alicyclic amines) is 1. The van der Waals surface area contributed by atoms with Crippen molar-refractivity contribution in [3.63, 3.8) is 0 Å². The fourth-order valence-corrected chi connectivity index (χ4v) is 3.59. The second-order valence-electron chi connectivity index (χ2n) is 7.24. The first-order valence-corrected chi connectivity index (χ1v) is 10.6. The zero-order valence-electron chi connectivity index (χ0n) is 17.5. The van der Waals surface area contributed by atoms with Crippen LogP contribution in [-0.2, 0) is 4.79 Å². The smallest absolute Gasteiger partial charge is 0.220 e. The van der Waals surface area contributed by atoms with Crippen LogP contribution in [0.25, 0.3) is 0 Å². The van der Waals surface area contributed by atoms with Crippen molar-refractivity contribution in [1.82, 2.24) is 20.4 Å². The van der Waals surface area contributed by atoms with Crippen LogP contribution in [-0.4, -0.2) is 74.5 Å².